The summed E-state index contributed by atoms with van der Waals surface area (Å²) in [7, 11) is 0. The van der Waals surface area contributed by atoms with Crippen molar-refractivity contribution < 1.29 is 0 Å². The first-order chi connectivity index (χ1) is 9.81. The van der Waals surface area contributed by atoms with Crippen molar-refractivity contribution in [2.24, 2.45) is 0 Å². The molecule has 0 saturated carbocycles. The molecule has 3 aromatic heterocycles. The van der Waals surface area contributed by atoms with E-state index in [2.05, 4.69) is 11.1 Å². The van der Waals surface area contributed by atoms with Crippen LogP contribution in [0.15, 0.2) is 47.4 Å². The zero-order chi connectivity index (χ0) is 13.7. The van der Waals surface area contributed by atoms with E-state index in [1.165, 1.54) is 11.3 Å². The minimum Gasteiger partial charge on any atom is -0.268 e. The number of benzene rings is 1. The zero-order valence-corrected chi connectivity index (χ0v) is 11.0. The van der Waals surface area contributed by atoms with E-state index in [0.29, 0.717) is 21.3 Å². The average molecular weight is 277 g/mol. The monoisotopic (exact) mass is 277 g/mol. The maximum Gasteiger partial charge on any atom is 0.265 e. The van der Waals surface area contributed by atoms with Crippen LogP contribution in [0.2, 0.25) is 0 Å². The summed E-state index contributed by atoms with van der Waals surface area (Å²) in [6.45, 7) is 0. The molecule has 0 bridgehead atoms. The van der Waals surface area contributed by atoms with Crippen LogP contribution < -0.4 is 5.56 Å². The lowest BCUT2D eigenvalue weighted by Gasteiger charge is -2.01. The van der Waals surface area contributed by atoms with Gasteiger partial charge < -0.3 is 0 Å². The molecule has 1 aromatic carbocycles. The Balaban J connectivity index is 2.45. The zero-order valence-electron chi connectivity index (χ0n) is 10.2. The summed E-state index contributed by atoms with van der Waals surface area (Å²) in [6.07, 6.45) is 1.60. The molecule has 0 radical (unpaired) electrons. The van der Waals surface area contributed by atoms with Gasteiger partial charge in [0.15, 0.2) is 0 Å². The van der Waals surface area contributed by atoms with Gasteiger partial charge in [0.1, 0.15) is 16.5 Å². The maximum atomic E-state index is 12.7. The first-order valence-corrected chi connectivity index (χ1v) is 6.84. The quantitative estimate of drug-likeness (QED) is 0.496. The molecule has 0 spiro atoms. The minimum absolute atomic E-state index is 0.125. The first-order valence-electron chi connectivity index (χ1n) is 6.02. The summed E-state index contributed by atoms with van der Waals surface area (Å²) in [4.78, 5) is 17.5. The van der Waals surface area contributed by atoms with Crippen LogP contribution in [-0.4, -0.2) is 9.38 Å². The lowest BCUT2D eigenvalue weighted by Crippen LogP contribution is -2.14. The number of para-hydroxylation sites is 1. The van der Waals surface area contributed by atoms with E-state index in [9.17, 15) is 10.1 Å². The second kappa shape index (κ2) is 3.89. The van der Waals surface area contributed by atoms with Crippen LogP contribution in [-0.2, 0) is 0 Å². The number of nitrogens with zero attached hydrogens (tertiary/aromatic N) is 3. The van der Waals surface area contributed by atoms with Gasteiger partial charge in [-0.3, -0.25) is 14.2 Å². The molecule has 0 aliphatic carbocycles. The second-order valence-electron chi connectivity index (χ2n) is 4.40. The molecule has 20 heavy (non-hydrogen) atoms. The molecule has 3 heterocycles. The molecule has 0 fully saturated rings. The average Bonchev–Trinajstić information content (AvgIpc) is 2.87. The van der Waals surface area contributed by atoms with Crippen LogP contribution >= 0.6 is 11.3 Å². The van der Waals surface area contributed by atoms with Crippen LogP contribution in [0.25, 0.3) is 25.9 Å². The Morgan fingerprint density at radius 3 is 2.90 bits per heavy atom. The highest BCUT2D eigenvalue weighted by molar-refractivity contribution is 7.24. The third-order valence-electron chi connectivity index (χ3n) is 3.32. The molecule has 0 aliphatic rings. The van der Waals surface area contributed by atoms with Crippen molar-refractivity contribution in [3.63, 3.8) is 0 Å². The van der Waals surface area contributed by atoms with Gasteiger partial charge in [-0.25, -0.2) is 0 Å². The Kier molecular flexibility index (Phi) is 2.17. The van der Waals surface area contributed by atoms with E-state index < -0.39 is 0 Å². The van der Waals surface area contributed by atoms with Crippen LogP contribution in [0.3, 0.4) is 0 Å². The van der Waals surface area contributed by atoms with Gasteiger partial charge in [0, 0.05) is 6.20 Å². The van der Waals surface area contributed by atoms with Crippen LogP contribution in [0.5, 0.6) is 0 Å². The molecule has 0 aliphatic heterocycles. The number of fused-ring (bicyclic) bond motifs is 4. The summed E-state index contributed by atoms with van der Waals surface area (Å²) < 4.78 is 2.60. The Labute approximate surface area is 117 Å². The number of hydrogen-bond acceptors (Lipinski definition) is 4. The van der Waals surface area contributed by atoms with Crippen molar-refractivity contribution in [1.29, 1.82) is 5.26 Å². The molecular weight excluding hydrogens is 270 g/mol. The SMILES string of the molecule is N#Cc1c2ncccc2c(=O)n2c1sc1ccccc12. The fraction of sp³-hybridized carbons (Fsp3) is 0. The highest BCUT2D eigenvalue weighted by Crippen LogP contribution is 2.29. The second-order valence-corrected chi connectivity index (χ2v) is 5.43. The summed E-state index contributed by atoms with van der Waals surface area (Å²) in [5, 5.41) is 9.93. The molecule has 0 atom stereocenters. The highest BCUT2D eigenvalue weighted by atomic mass is 32.1. The topological polar surface area (TPSA) is 58.2 Å². The van der Waals surface area contributed by atoms with Gasteiger partial charge in [-0.05, 0) is 24.3 Å². The van der Waals surface area contributed by atoms with Crippen LogP contribution in [0, 0.1) is 11.3 Å². The number of nitriles is 1. The molecule has 5 heteroatoms. The molecule has 94 valence electrons. The van der Waals surface area contributed by atoms with Crippen molar-refractivity contribution in [3.8, 4) is 6.07 Å². The summed E-state index contributed by atoms with van der Waals surface area (Å²) >= 11 is 1.44. The minimum atomic E-state index is -0.125. The fourth-order valence-electron chi connectivity index (χ4n) is 2.45. The molecule has 0 unspecified atom stereocenters. The van der Waals surface area contributed by atoms with Gasteiger partial charge in [0.25, 0.3) is 5.56 Å². The van der Waals surface area contributed by atoms with E-state index in [0.717, 1.165) is 10.2 Å². The van der Waals surface area contributed by atoms with Crippen LogP contribution in [0.4, 0.5) is 0 Å². The summed E-state index contributed by atoms with van der Waals surface area (Å²) in [5.74, 6) is 0. The van der Waals surface area contributed by atoms with E-state index in [4.69, 9.17) is 0 Å². The van der Waals surface area contributed by atoms with Gasteiger partial charge in [0.05, 0.1) is 21.1 Å². The number of aromatic nitrogens is 2. The number of rotatable bonds is 0. The van der Waals surface area contributed by atoms with Crippen molar-refractivity contribution in [3.05, 3.63) is 58.5 Å². The smallest absolute Gasteiger partial charge is 0.265 e. The predicted octanol–water partition coefficient (Wildman–Crippen LogP) is 2.93. The maximum absolute atomic E-state index is 12.7. The number of hydrogen-bond donors (Lipinski definition) is 0. The van der Waals surface area contributed by atoms with Gasteiger partial charge >= 0.3 is 0 Å². The van der Waals surface area contributed by atoms with E-state index in [-0.39, 0.29) is 5.56 Å². The highest BCUT2D eigenvalue weighted by Gasteiger charge is 2.16. The third-order valence-corrected chi connectivity index (χ3v) is 4.46. The molecular formula is C15H7N3OS. The van der Waals surface area contributed by atoms with Gasteiger partial charge in [0.2, 0.25) is 0 Å². The van der Waals surface area contributed by atoms with Gasteiger partial charge in [-0.15, -0.1) is 11.3 Å². The largest absolute Gasteiger partial charge is 0.268 e. The number of pyridine rings is 2. The summed E-state index contributed by atoms with van der Waals surface area (Å²) in [5.41, 5.74) is 1.65. The fourth-order valence-corrected chi connectivity index (χ4v) is 3.59. The molecule has 0 amide bonds. The lowest BCUT2D eigenvalue weighted by molar-refractivity contribution is 1.19. The van der Waals surface area contributed by atoms with E-state index >= 15 is 0 Å². The Morgan fingerprint density at radius 2 is 2.05 bits per heavy atom. The standard InChI is InChI=1S/C15H7N3OS/c16-8-10-13-9(4-3-7-17-13)14(19)18-11-5-1-2-6-12(11)20-15(10)18/h1-7H. The predicted molar refractivity (Wildman–Crippen MR) is 79.1 cm³/mol. The van der Waals surface area contributed by atoms with Gasteiger partial charge in [-0.1, -0.05) is 12.1 Å². The van der Waals surface area contributed by atoms with Crippen molar-refractivity contribution in [1.82, 2.24) is 9.38 Å². The molecule has 4 aromatic rings. The molecule has 0 N–H and O–H groups in total. The lowest BCUT2D eigenvalue weighted by atomic mass is 10.2. The molecule has 4 nitrogen and oxygen atoms in total. The van der Waals surface area contributed by atoms with E-state index in [1.807, 2.05) is 24.3 Å². The Bertz CT molecular complexity index is 1090. The Morgan fingerprint density at radius 1 is 1.20 bits per heavy atom. The van der Waals surface area contributed by atoms with Crippen molar-refractivity contribution in [2.45, 2.75) is 0 Å². The Hall–Kier alpha value is -2.71. The molecule has 4 rings (SSSR count). The van der Waals surface area contributed by atoms with Gasteiger partial charge in [-0.2, -0.15) is 5.26 Å². The third kappa shape index (κ3) is 1.29. The normalized spacial score (nSPS) is 11.2. The van der Waals surface area contributed by atoms with Crippen molar-refractivity contribution in [2.75, 3.05) is 0 Å². The van der Waals surface area contributed by atoms with Crippen molar-refractivity contribution >= 4 is 37.3 Å². The molecule has 0 saturated heterocycles. The first kappa shape index (κ1) is 11.1. The van der Waals surface area contributed by atoms with Crippen LogP contribution in [0.1, 0.15) is 5.56 Å². The van der Waals surface area contributed by atoms with E-state index in [1.54, 1.807) is 22.7 Å². The number of thiazole rings is 1. The summed E-state index contributed by atoms with van der Waals surface area (Å²) in [6, 6.07) is 13.3.